The van der Waals surface area contributed by atoms with Gasteiger partial charge in [0.25, 0.3) is 5.91 Å². The number of nitriles is 1. The molecule has 1 N–H and O–H groups in total. The van der Waals surface area contributed by atoms with Crippen LogP contribution in [0.5, 0.6) is 11.5 Å². The molecule has 0 aromatic heterocycles. The lowest BCUT2D eigenvalue weighted by Crippen LogP contribution is -2.30. The summed E-state index contributed by atoms with van der Waals surface area (Å²) in [5, 5.41) is 12.2. The number of nitrogens with zero attached hydrogens (tertiary/aromatic N) is 2. The maximum atomic E-state index is 13.0. The van der Waals surface area contributed by atoms with E-state index in [0.29, 0.717) is 29.2 Å². The van der Waals surface area contributed by atoms with E-state index in [1.54, 1.807) is 30.3 Å². The van der Waals surface area contributed by atoms with Gasteiger partial charge in [0.15, 0.2) is 11.5 Å². The predicted molar refractivity (Wildman–Crippen MR) is 136 cm³/mol. The average molecular weight is 502 g/mol. The summed E-state index contributed by atoms with van der Waals surface area (Å²) >= 11 is 6.53. The molecule has 0 spiro atoms. The van der Waals surface area contributed by atoms with Crippen LogP contribution < -0.4 is 14.8 Å². The van der Waals surface area contributed by atoms with Crippen molar-refractivity contribution >= 4 is 29.6 Å². The number of carbonyl (C=O) groups excluding carboxylic acids is 2. The number of carbonyl (C=O) groups is 2. The second-order valence-corrected chi connectivity index (χ2v) is 8.60. The molecule has 1 aliphatic rings. The molecule has 1 heterocycles. The number of benzene rings is 3. The molecule has 3 aromatic carbocycles. The fourth-order valence-electron chi connectivity index (χ4n) is 3.85. The van der Waals surface area contributed by atoms with E-state index >= 15 is 0 Å². The molecule has 182 valence electrons. The van der Waals surface area contributed by atoms with E-state index in [4.69, 9.17) is 21.1 Å². The molecule has 0 aliphatic carbocycles. The Labute approximate surface area is 214 Å². The minimum absolute atomic E-state index is 0.131. The number of urea groups is 1. The Bertz CT molecular complexity index is 1390. The first kappa shape index (κ1) is 24.8. The lowest BCUT2D eigenvalue weighted by atomic mass is 10.1. The molecular formula is C28H24ClN3O4. The monoisotopic (exact) mass is 501 g/mol. The van der Waals surface area contributed by atoms with Gasteiger partial charge in [0, 0.05) is 5.56 Å². The van der Waals surface area contributed by atoms with Gasteiger partial charge in [-0.05, 0) is 49.2 Å². The zero-order valence-corrected chi connectivity index (χ0v) is 20.6. The topological polar surface area (TPSA) is 91.7 Å². The highest BCUT2D eigenvalue weighted by atomic mass is 35.5. The van der Waals surface area contributed by atoms with Crippen LogP contribution in [-0.2, 0) is 17.9 Å². The average Bonchev–Trinajstić information content (AvgIpc) is 3.11. The molecule has 0 radical (unpaired) electrons. The summed E-state index contributed by atoms with van der Waals surface area (Å²) in [5.74, 6) is 0.292. The molecule has 0 bridgehead atoms. The fourth-order valence-corrected chi connectivity index (χ4v) is 4.13. The standard InChI is InChI=1S/C28H24ClN3O4/c1-3-35-25-14-20(12-23(29)26(25)36-17-22-10-5-4-9-21(22)15-30)13-24-27(33)32(28(34)31-24)16-19-8-6-7-18(2)11-19/h4-14H,3,16-17H2,1-2H3,(H,31,34)/b24-13+. The first-order chi connectivity index (χ1) is 17.4. The SMILES string of the molecule is CCOc1cc(/C=C2/NC(=O)N(Cc3cccc(C)c3)C2=O)cc(Cl)c1OCc1ccccc1C#N. The summed E-state index contributed by atoms with van der Waals surface area (Å²) in [6.45, 7) is 4.45. The zero-order valence-electron chi connectivity index (χ0n) is 19.9. The lowest BCUT2D eigenvalue weighted by molar-refractivity contribution is -0.123. The number of imide groups is 1. The summed E-state index contributed by atoms with van der Waals surface area (Å²) in [4.78, 5) is 26.6. The van der Waals surface area contributed by atoms with Crippen LogP contribution in [0.1, 0.15) is 34.7 Å². The smallest absolute Gasteiger partial charge is 0.329 e. The Balaban J connectivity index is 1.57. The third kappa shape index (κ3) is 5.51. The minimum atomic E-state index is -0.486. The Hall–Kier alpha value is -4.28. The molecule has 0 atom stereocenters. The summed E-state index contributed by atoms with van der Waals surface area (Å²) in [6.07, 6.45) is 1.56. The maximum Gasteiger partial charge on any atom is 0.329 e. The van der Waals surface area contributed by atoms with Gasteiger partial charge in [0.2, 0.25) is 0 Å². The van der Waals surface area contributed by atoms with Crippen molar-refractivity contribution < 1.29 is 19.1 Å². The van der Waals surface area contributed by atoms with Gasteiger partial charge in [-0.2, -0.15) is 5.26 Å². The number of aryl methyl sites for hydroxylation is 1. The molecule has 7 nitrogen and oxygen atoms in total. The number of ether oxygens (including phenoxy) is 2. The Kier molecular flexibility index (Phi) is 7.57. The lowest BCUT2D eigenvalue weighted by Gasteiger charge is -2.15. The quantitative estimate of drug-likeness (QED) is 0.321. The highest BCUT2D eigenvalue weighted by molar-refractivity contribution is 6.32. The Morgan fingerprint density at radius 1 is 1.08 bits per heavy atom. The highest BCUT2D eigenvalue weighted by Gasteiger charge is 2.33. The van der Waals surface area contributed by atoms with E-state index in [9.17, 15) is 14.9 Å². The molecule has 1 saturated heterocycles. The first-order valence-electron chi connectivity index (χ1n) is 11.4. The molecule has 36 heavy (non-hydrogen) atoms. The van der Waals surface area contributed by atoms with Crippen molar-refractivity contribution in [3.63, 3.8) is 0 Å². The van der Waals surface area contributed by atoms with Crippen LogP contribution in [0.25, 0.3) is 6.08 Å². The number of amides is 3. The largest absolute Gasteiger partial charge is 0.490 e. The molecule has 1 aliphatic heterocycles. The molecule has 3 amide bonds. The maximum absolute atomic E-state index is 13.0. The van der Waals surface area contributed by atoms with Gasteiger partial charge in [0.05, 0.1) is 29.8 Å². The molecular weight excluding hydrogens is 478 g/mol. The van der Waals surface area contributed by atoms with Crippen LogP contribution in [0.15, 0.2) is 66.4 Å². The third-order valence-electron chi connectivity index (χ3n) is 5.54. The van der Waals surface area contributed by atoms with Crippen LogP contribution in [0, 0.1) is 18.3 Å². The van der Waals surface area contributed by atoms with Crippen molar-refractivity contribution in [2.75, 3.05) is 6.61 Å². The Morgan fingerprint density at radius 3 is 2.64 bits per heavy atom. The molecule has 3 aromatic rings. The number of hydrogen-bond acceptors (Lipinski definition) is 5. The molecule has 1 fully saturated rings. The minimum Gasteiger partial charge on any atom is -0.490 e. The van der Waals surface area contributed by atoms with Crippen molar-refractivity contribution in [3.05, 3.63) is 99.2 Å². The summed E-state index contributed by atoms with van der Waals surface area (Å²) in [7, 11) is 0. The van der Waals surface area contributed by atoms with Gasteiger partial charge in [-0.15, -0.1) is 0 Å². The fraction of sp³-hybridized carbons (Fsp3) is 0.179. The third-order valence-corrected chi connectivity index (χ3v) is 5.82. The van der Waals surface area contributed by atoms with E-state index in [0.717, 1.165) is 21.6 Å². The Morgan fingerprint density at radius 2 is 1.89 bits per heavy atom. The van der Waals surface area contributed by atoms with Crippen LogP contribution in [-0.4, -0.2) is 23.4 Å². The first-order valence-corrected chi connectivity index (χ1v) is 11.7. The van der Waals surface area contributed by atoms with Gasteiger partial charge in [-0.25, -0.2) is 4.79 Å². The van der Waals surface area contributed by atoms with E-state index in [-0.39, 0.29) is 23.9 Å². The molecule has 4 rings (SSSR count). The van der Waals surface area contributed by atoms with Gasteiger partial charge < -0.3 is 14.8 Å². The van der Waals surface area contributed by atoms with E-state index in [1.165, 1.54) is 0 Å². The van der Waals surface area contributed by atoms with Crippen LogP contribution in [0.3, 0.4) is 0 Å². The van der Waals surface area contributed by atoms with Crippen LogP contribution >= 0.6 is 11.6 Å². The van der Waals surface area contributed by atoms with Crippen LogP contribution in [0.2, 0.25) is 5.02 Å². The highest BCUT2D eigenvalue weighted by Crippen LogP contribution is 2.38. The molecule has 0 saturated carbocycles. The van der Waals surface area contributed by atoms with Gasteiger partial charge in [-0.3, -0.25) is 9.69 Å². The number of halogens is 1. The predicted octanol–water partition coefficient (Wildman–Crippen LogP) is 5.59. The van der Waals surface area contributed by atoms with Crippen molar-refractivity contribution in [3.8, 4) is 17.6 Å². The van der Waals surface area contributed by atoms with Crippen molar-refractivity contribution in [1.82, 2.24) is 10.2 Å². The molecule has 8 heteroatoms. The summed E-state index contributed by atoms with van der Waals surface area (Å²) in [5.41, 5.74) is 3.85. The summed E-state index contributed by atoms with van der Waals surface area (Å²) in [6, 6.07) is 19.8. The van der Waals surface area contributed by atoms with Crippen LogP contribution in [0.4, 0.5) is 4.79 Å². The zero-order chi connectivity index (χ0) is 25.7. The number of rotatable bonds is 8. The normalized spacial score (nSPS) is 14.1. The van der Waals surface area contributed by atoms with E-state index < -0.39 is 11.9 Å². The van der Waals surface area contributed by atoms with Gasteiger partial charge in [-0.1, -0.05) is 59.6 Å². The summed E-state index contributed by atoms with van der Waals surface area (Å²) < 4.78 is 11.7. The number of nitrogens with one attached hydrogen (secondary N) is 1. The molecule has 0 unspecified atom stereocenters. The van der Waals surface area contributed by atoms with Crippen molar-refractivity contribution in [2.45, 2.75) is 27.0 Å². The van der Waals surface area contributed by atoms with Gasteiger partial charge >= 0.3 is 6.03 Å². The van der Waals surface area contributed by atoms with E-state index in [1.807, 2.05) is 50.2 Å². The van der Waals surface area contributed by atoms with Crippen molar-refractivity contribution in [2.24, 2.45) is 0 Å². The second-order valence-electron chi connectivity index (χ2n) is 8.19. The van der Waals surface area contributed by atoms with Crippen molar-refractivity contribution in [1.29, 1.82) is 5.26 Å². The number of hydrogen-bond donors (Lipinski definition) is 1. The second kappa shape index (κ2) is 11.0. The van der Waals surface area contributed by atoms with E-state index in [2.05, 4.69) is 11.4 Å². The van der Waals surface area contributed by atoms with Gasteiger partial charge in [0.1, 0.15) is 12.3 Å².